The molecule has 1 saturated carbocycles. The molecule has 2 N–H and O–H groups in total. The van der Waals surface area contributed by atoms with Crippen LogP contribution in [0, 0.1) is 18.7 Å². The second kappa shape index (κ2) is 12.7. The number of fused-ring (bicyclic) bond motifs is 3. The predicted octanol–water partition coefficient (Wildman–Crippen LogP) is 6.29. The number of carbonyl (C=O) groups is 3. The largest absolute Gasteiger partial charge is 0.490 e. The highest BCUT2D eigenvalue weighted by Gasteiger charge is 2.48. The van der Waals surface area contributed by atoms with Gasteiger partial charge in [0.2, 0.25) is 0 Å². The molecule has 9 nitrogen and oxygen atoms in total. The Morgan fingerprint density at radius 3 is 2.71 bits per heavy atom. The normalized spacial score (nSPS) is 16.6. The van der Waals surface area contributed by atoms with Gasteiger partial charge in [0.15, 0.2) is 0 Å². The van der Waals surface area contributed by atoms with E-state index in [4.69, 9.17) is 30.9 Å². The Hall–Kier alpha value is -4.31. The number of amides is 2. The number of nitrogens with one attached hydrogen (secondary N) is 1. The van der Waals surface area contributed by atoms with Gasteiger partial charge in [0, 0.05) is 29.2 Å². The fourth-order valence-corrected chi connectivity index (χ4v) is 5.33. The van der Waals surface area contributed by atoms with Crippen molar-refractivity contribution in [2.75, 3.05) is 31.2 Å². The molecule has 0 bridgehead atoms. The zero-order valence-electron chi connectivity index (χ0n) is 22.9. The van der Waals surface area contributed by atoms with E-state index in [0.717, 1.165) is 34.4 Å². The van der Waals surface area contributed by atoms with Gasteiger partial charge in [-0.05, 0) is 72.2 Å². The topological polar surface area (TPSA) is 114 Å². The van der Waals surface area contributed by atoms with Gasteiger partial charge < -0.3 is 24.6 Å². The lowest BCUT2D eigenvalue weighted by molar-refractivity contribution is -0.136. The van der Waals surface area contributed by atoms with Crippen molar-refractivity contribution in [3.8, 4) is 16.9 Å². The van der Waals surface area contributed by atoms with Crippen molar-refractivity contribution < 1.29 is 38.1 Å². The van der Waals surface area contributed by atoms with E-state index in [0.29, 0.717) is 23.2 Å². The molecular formula is C31H30ClFN2O7. The number of halogens is 2. The fraction of sp³-hybridized carbons (Fsp3) is 0.323. The Bertz CT molecular complexity index is 1510. The zero-order valence-corrected chi connectivity index (χ0v) is 23.7. The molecule has 0 unspecified atom stereocenters. The Morgan fingerprint density at radius 2 is 1.90 bits per heavy atom. The molecule has 0 aromatic heterocycles. The Labute approximate surface area is 247 Å². The van der Waals surface area contributed by atoms with Gasteiger partial charge in [-0.25, -0.2) is 14.0 Å². The number of carbonyl (C=O) groups excluding carboxylic acids is 2. The van der Waals surface area contributed by atoms with Gasteiger partial charge in [0.1, 0.15) is 31.4 Å². The summed E-state index contributed by atoms with van der Waals surface area (Å²) in [5.74, 6) is -0.377. The maximum atomic E-state index is 14.6. The minimum absolute atomic E-state index is 0.0651. The summed E-state index contributed by atoms with van der Waals surface area (Å²) in [6.45, 7) is 2.23. The number of hydrogen-bond acceptors (Lipinski definition) is 6. The first kappa shape index (κ1) is 29.2. The van der Waals surface area contributed by atoms with Crippen molar-refractivity contribution >= 4 is 35.4 Å². The third-order valence-electron chi connectivity index (χ3n) is 7.41. The monoisotopic (exact) mass is 596 g/mol. The van der Waals surface area contributed by atoms with Gasteiger partial charge in [-0.1, -0.05) is 35.9 Å². The molecule has 1 aliphatic heterocycles. The number of anilines is 1. The minimum Gasteiger partial charge on any atom is -0.490 e. The molecule has 3 aromatic rings. The quantitative estimate of drug-likeness (QED) is 0.264. The van der Waals surface area contributed by atoms with Crippen LogP contribution in [0.1, 0.15) is 35.4 Å². The van der Waals surface area contributed by atoms with E-state index >= 15 is 0 Å². The van der Waals surface area contributed by atoms with E-state index < -0.39 is 24.0 Å². The first-order valence-corrected chi connectivity index (χ1v) is 14.0. The highest BCUT2D eigenvalue weighted by atomic mass is 35.5. The molecule has 42 heavy (non-hydrogen) atoms. The van der Waals surface area contributed by atoms with Crippen molar-refractivity contribution in [1.29, 1.82) is 0 Å². The number of nitrogens with zero attached hydrogens (tertiary/aromatic N) is 1. The molecule has 11 heteroatoms. The number of alkyl carbamates (subject to hydrolysis) is 1. The van der Waals surface area contributed by atoms with Gasteiger partial charge in [0.25, 0.3) is 0 Å². The van der Waals surface area contributed by atoms with Crippen LogP contribution in [0.2, 0.25) is 5.02 Å². The number of carboxylic acid groups (broad SMARTS) is 1. The van der Waals surface area contributed by atoms with Crippen molar-refractivity contribution in [1.82, 2.24) is 5.32 Å². The summed E-state index contributed by atoms with van der Waals surface area (Å²) in [5, 5.41) is 11.6. The lowest BCUT2D eigenvalue weighted by Gasteiger charge is -2.30. The van der Waals surface area contributed by atoms with Crippen LogP contribution in [0.15, 0.2) is 54.6 Å². The molecule has 0 saturated heterocycles. The van der Waals surface area contributed by atoms with E-state index in [1.807, 2.05) is 31.2 Å². The van der Waals surface area contributed by atoms with Crippen LogP contribution in [0.25, 0.3) is 11.1 Å². The third kappa shape index (κ3) is 6.60. The van der Waals surface area contributed by atoms with Crippen LogP contribution >= 0.6 is 11.6 Å². The van der Waals surface area contributed by atoms with Crippen molar-refractivity contribution in [2.45, 2.75) is 32.3 Å². The first-order valence-electron chi connectivity index (χ1n) is 13.6. The number of ether oxygens (including phenoxy) is 3. The molecule has 220 valence electrons. The molecule has 1 aliphatic carbocycles. The first-order chi connectivity index (χ1) is 20.2. The zero-order chi connectivity index (χ0) is 29.8. The van der Waals surface area contributed by atoms with Crippen LogP contribution in [0.5, 0.6) is 5.75 Å². The maximum Gasteiger partial charge on any atom is 0.414 e. The lowest BCUT2D eigenvalue weighted by atomic mass is 9.91. The van der Waals surface area contributed by atoms with E-state index in [1.54, 1.807) is 29.2 Å². The summed E-state index contributed by atoms with van der Waals surface area (Å²) in [6, 6.07) is 15.6. The molecule has 1 fully saturated rings. The molecule has 2 amide bonds. The number of hydrogen-bond donors (Lipinski definition) is 2. The van der Waals surface area contributed by atoms with Gasteiger partial charge in [-0.2, -0.15) is 0 Å². The number of benzene rings is 3. The molecule has 3 aromatic carbocycles. The standard InChI is InChI=1S/C31H30ClFN2O7/c1-18-24(32)5-3-7-27(18)40-12-13-41-31(39)35-16-20-15-23(20)29-22(4-2-6-26(29)35)19-8-9-25(33)21(14-19)17-42-30(38)34-11-10-28(36)37/h2-9,14,20,23H,10-13,15-17H2,1H3,(H,34,38)(H,36,37)/t20-,23-/m0/s1. The highest BCUT2D eigenvalue weighted by molar-refractivity contribution is 6.31. The summed E-state index contributed by atoms with van der Waals surface area (Å²) >= 11 is 6.14. The Kier molecular flexibility index (Phi) is 8.82. The summed E-state index contributed by atoms with van der Waals surface area (Å²) < 4.78 is 31.0. The van der Waals surface area contributed by atoms with E-state index in [9.17, 15) is 18.8 Å². The Balaban J connectivity index is 1.27. The molecule has 2 atom stereocenters. The smallest absolute Gasteiger partial charge is 0.414 e. The minimum atomic E-state index is -1.05. The summed E-state index contributed by atoms with van der Waals surface area (Å²) in [4.78, 5) is 37.3. The predicted molar refractivity (Wildman–Crippen MR) is 154 cm³/mol. The maximum absolute atomic E-state index is 14.6. The van der Waals surface area contributed by atoms with E-state index in [1.165, 1.54) is 6.07 Å². The van der Waals surface area contributed by atoms with Gasteiger partial charge >= 0.3 is 18.2 Å². The van der Waals surface area contributed by atoms with Crippen LogP contribution in [0.4, 0.5) is 19.7 Å². The van der Waals surface area contributed by atoms with E-state index in [2.05, 4.69) is 5.32 Å². The molecule has 2 aliphatic rings. The van der Waals surface area contributed by atoms with Crippen molar-refractivity contribution in [3.05, 3.63) is 82.1 Å². The second-order valence-electron chi connectivity index (χ2n) is 10.2. The van der Waals surface area contributed by atoms with Crippen LogP contribution in [-0.4, -0.2) is 49.6 Å². The lowest BCUT2D eigenvalue weighted by Crippen LogP contribution is -2.37. The number of rotatable bonds is 10. The van der Waals surface area contributed by atoms with Crippen LogP contribution in [-0.2, 0) is 20.9 Å². The number of carboxylic acids is 1. The SMILES string of the molecule is Cc1c(Cl)cccc1OCCOC(=O)N1C[C@@H]2C[C@@H]2c2c(-c3ccc(F)c(COC(=O)NCCC(=O)O)c3)cccc21. The summed E-state index contributed by atoms with van der Waals surface area (Å²) in [6.07, 6.45) is -0.617. The van der Waals surface area contributed by atoms with Gasteiger partial charge in [0.05, 0.1) is 12.1 Å². The third-order valence-corrected chi connectivity index (χ3v) is 7.82. The molecular weight excluding hydrogens is 567 g/mol. The van der Waals surface area contributed by atoms with Crippen molar-refractivity contribution in [2.24, 2.45) is 5.92 Å². The molecule has 0 radical (unpaired) electrons. The van der Waals surface area contributed by atoms with Gasteiger partial charge in [-0.15, -0.1) is 0 Å². The van der Waals surface area contributed by atoms with E-state index in [-0.39, 0.29) is 44.3 Å². The summed E-state index contributed by atoms with van der Waals surface area (Å²) in [5.41, 5.74) is 4.34. The van der Waals surface area contributed by atoms with Gasteiger partial charge in [-0.3, -0.25) is 9.69 Å². The Morgan fingerprint density at radius 1 is 1.10 bits per heavy atom. The summed E-state index contributed by atoms with van der Waals surface area (Å²) in [7, 11) is 0. The van der Waals surface area contributed by atoms with Crippen molar-refractivity contribution in [3.63, 3.8) is 0 Å². The molecule has 0 spiro atoms. The highest BCUT2D eigenvalue weighted by Crippen LogP contribution is 2.57. The van der Waals surface area contributed by atoms with Crippen LogP contribution < -0.4 is 15.0 Å². The molecule has 5 rings (SSSR count). The number of aliphatic carboxylic acids is 1. The van der Waals surface area contributed by atoms with Crippen LogP contribution in [0.3, 0.4) is 0 Å². The average molecular weight is 597 g/mol. The fourth-order valence-electron chi connectivity index (χ4n) is 5.16. The second-order valence-corrected chi connectivity index (χ2v) is 10.6. The molecule has 1 heterocycles. The average Bonchev–Trinajstić information content (AvgIpc) is 3.76.